The SMILES string of the molecule is Cc1ccc(C(=O)NCC(=O)N(C)Cc2cccs2)cc1[N+](=O)[O-]. The summed E-state index contributed by atoms with van der Waals surface area (Å²) in [5.74, 6) is -0.755. The molecule has 1 aromatic carbocycles. The van der Waals surface area contributed by atoms with E-state index in [1.807, 2.05) is 17.5 Å². The van der Waals surface area contributed by atoms with Crippen LogP contribution in [0.1, 0.15) is 20.8 Å². The molecular formula is C16H17N3O4S. The Hall–Kier alpha value is -2.74. The molecule has 0 bridgehead atoms. The molecular weight excluding hydrogens is 330 g/mol. The summed E-state index contributed by atoms with van der Waals surface area (Å²) in [6, 6.07) is 8.06. The summed E-state index contributed by atoms with van der Waals surface area (Å²) in [5.41, 5.74) is 0.508. The molecule has 8 heteroatoms. The van der Waals surface area contributed by atoms with Crippen molar-refractivity contribution in [1.82, 2.24) is 10.2 Å². The van der Waals surface area contributed by atoms with Gasteiger partial charge in [0.1, 0.15) is 0 Å². The van der Waals surface area contributed by atoms with E-state index < -0.39 is 10.8 Å². The number of likely N-dealkylation sites (N-methyl/N-ethyl adjacent to an activating group) is 1. The fraction of sp³-hybridized carbons (Fsp3) is 0.250. The Morgan fingerprint density at radius 2 is 2.08 bits per heavy atom. The van der Waals surface area contributed by atoms with Crippen molar-refractivity contribution >= 4 is 28.8 Å². The minimum atomic E-state index is -0.536. The number of carbonyl (C=O) groups is 2. The topological polar surface area (TPSA) is 92.6 Å². The molecule has 2 rings (SSSR count). The third-order valence-electron chi connectivity index (χ3n) is 3.47. The summed E-state index contributed by atoms with van der Waals surface area (Å²) in [4.78, 5) is 37.1. The molecule has 0 fully saturated rings. The van der Waals surface area contributed by atoms with E-state index >= 15 is 0 Å². The zero-order chi connectivity index (χ0) is 17.7. The average molecular weight is 347 g/mol. The highest BCUT2D eigenvalue weighted by Crippen LogP contribution is 2.19. The quantitative estimate of drug-likeness (QED) is 0.641. The van der Waals surface area contributed by atoms with E-state index in [0.717, 1.165) is 4.88 Å². The van der Waals surface area contributed by atoms with Crippen LogP contribution >= 0.6 is 11.3 Å². The lowest BCUT2D eigenvalue weighted by Gasteiger charge is -2.16. The predicted octanol–water partition coefficient (Wildman–Crippen LogP) is 2.35. The number of hydrogen-bond donors (Lipinski definition) is 1. The van der Waals surface area contributed by atoms with Gasteiger partial charge < -0.3 is 10.2 Å². The second-order valence-corrected chi connectivity index (χ2v) is 6.30. The molecule has 126 valence electrons. The van der Waals surface area contributed by atoms with Crippen molar-refractivity contribution in [2.45, 2.75) is 13.5 Å². The molecule has 0 aliphatic rings. The normalized spacial score (nSPS) is 10.2. The largest absolute Gasteiger partial charge is 0.343 e. The van der Waals surface area contributed by atoms with Gasteiger partial charge in [-0.05, 0) is 24.4 Å². The van der Waals surface area contributed by atoms with Gasteiger partial charge in [-0.3, -0.25) is 19.7 Å². The highest BCUT2D eigenvalue weighted by Gasteiger charge is 2.16. The van der Waals surface area contributed by atoms with E-state index in [1.54, 1.807) is 25.3 Å². The summed E-state index contributed by atoms with van der Waals surface area (Å²) in [6.45, 7) is 1.91. The van der Waals surface area contributed by atoms with Crippen LogP contribution < -0.4 is 5.32 Å². The van der Waals surface area contributed by atoms with Gasteiger partial charge >= 0.3 is 0 Å². The van der Waals surface area contributed by atoms with E-state index in [0.29, 0.717) is 12.1 Å². The monoisotopic (exact) mass is 347 g/mol. The predicted molar refractivity (Wildman–Crippen MR) is 91.0 cm³/mol. The van der Waals surface area contributed by atoms with Crippen LogP contribution in [0.15, 0.2) is 35.7 Å². The lowest BCUT2D eigenvalue weighted by molar-refractivity contribution is -0.385. The summed E-state index contributed by atoms with van der Waals surface area (Å²) in [5, 5.41) is 15.3. The van der Waals surface area contributed by atoms with Gasteiger partial charge in [0.05, 0.1) is 18.0 Å². The second-order valence-electron chi connectivity index (χ2n) is 5.27. The van der Waals surface area contributed by atoms with E-state index in [4.69, 9.17) is 0 Å². The number of nitrogens with one attached hydrogen (secondary N) is 1. The molecule has 0 saturated heterocycles. The highest BCUT2D eigenvalue weighted by molar-refractivity contribution is 7.09. The molecule has 7 nitrogen and oxygen atoms in total. The minimum absolute atomic E-state index is 0.121. The number of hydrogen-bond acceptors (Lipinski definition) is 5. The van der Waals surface area contributed by atoms with Gasteiger partial charge in [0.2, 0.25) is 5.91 Å². The van der Waals surface area contributed by atoms with E-state index in [9.17, 15) is 19.7 Å². The number of nitro groups is 1. The smallest absolute Gasteiger partial charge is 0.273 e. The third kappa shape index (κ3) is 4.39. The van der Waals surface area contributed by atoms with Crippen molar-refractivity contribution in [2.24, 2.45) is 0 Å². The van der Waals surface area contributed by atoms with Crippen LogP contribution in [-0.2, 0) is 11.3 Å². The molecule has 0 spiro atoms. The van der Waals surface area contributed by atoms with Gasteiger partial charge in [-0.1, -0.05) is 12.1 Å². The number of rotatable bonds is 6. The zero-order valence-corrected chi connectivity index (χ0v) is 14.1. The lowest BCUT2D eigenvalue weighted by Crippen LogP contribution is -2.37. The van der Waals surface area contributed by atoms with Crippen LogP contribution in [0.4, 0.5) is 5.69 Å². The third-order valence-corrected chi connectivity index (χ3v) is 4.33. The van der Waals surface area contributed by atoms with Gasteiger partial charge in [0.25, 0.3) is 11.6 Å². The number of carbonyl (C=O) groups excluding carboxylic acids is 2. The molecule has 0 unspecified atom stereocenters. The summed E-state index contributed by atoms with van der Waals surface area (Å²) < 4.78 is 0. The Morgan fingerprint density at radius 1 is 1.33 bits per heavy atom. The van der Waals surface area contributed by atoms with E-state index in [2.05, 4.69) is 5.32 Å². The van der Waals surface area contributed by atoms with Crippen LogP contribution in [-0.4, -0.2) is 35.2 Å². The lowest BCUT2D eigenvalue weighted by atomic mass is 10.1. The molecule has 0 atom stereocenters. The maximum Gasteiger partial charge on any atom is 0.273 e. The summed E-state index contributed by atoms with van der Waals surface area (Å²) in [6.07, 6.45) is 0. The van der Waals surface area contributed by atoms with Gasteiger partial charge in [-0.15, -0.1) is 11.3 Å². The molecule has 1 aromatic heterocycles. The van der Waals surface area contributed by atoms with Crippen LogP contribution in [0.3, 0.4) is 0 Å². The average Bonchev–Trinajstić information content (AvgIpc) is 3.05. The second kappa shape index (κ2) is 7.69. The Labute approximate surface area is 143 Å². The van der Waals surface area contributed by atoms with E-state index in [-0.39, 0.29) is 23.7 Å². The standard InChI is InChI=1S/C16H17N3O4S/c1-11-5-6-12(8-14(11)19(22)23)16(21)17-9-15(20)18(2)10-13-4-3-7-24-13/h3-8H,9-10H2,1-2H3,(H,17,21). The fourth-order valence-corrected chi connectivity index (χ4v) is 2.82. The van der Waals surface area contributed by atoms with Gasteiger partial charge in [-0.25, -0.2) is 0 Å². The Bertz CT molecular complexity index is 759. The molecule has 1 heterocycles. The number of thiophene rings is 1. The molecule has 0 radical (unpaired) electrons. The summed E-state index contributed by atoms with van der Waals surface area (Å²) >= 11 is 1.55. The van der Waals surface area contributed by atoms with Crippen molar-refractivity contribution in [3.05, 3.63) is 61.8 Å². The molecule has 0 aliphatic carbocycles. The number of nitrogens with zero attached hydrogens (tertiary/aromatic N) is 2. The maximum atomic E-state index is 12.1. The Balaban J connectivity index is 1.94. The number of benzene rings is 1. The summed E-state index contributed by atoms with van der Waals surface area (Å²) in [7, 11) is 1.66. The fourth-order valence-electron chi connectivity index (χ4n) is 2.06. The van der Waals surface area contributed by atoms with Gasteiger partial charge in [-0.2, -0.15) is 0 Å². The Kier molecular flexibility index (Phi) is 5.64. The number of aryl methyl sites for hydroxylation is 1. The van der Waals surface area contributed by atoms with Gasteiger partial charge in [0.15, 0.2) is 0 Å². The zero-order valence-electron chi connectivity index (χ0n) is 13.3. The minimum Gasteiger partial charge on any atom is -0.343 e. The molecule has 2 aromatic rings. The van der Waals surface area contributed by atoms with Crippen molar-refractivity contribution < 1.29 is 14.5 Å². The van der Waals surface area contributed by atoms with Crippen LogP contribution in [0.2, 0.25) is 0 Å². The Morgan fingerprint density at radius 3 is 2.71 bits per heavy atom. The molecule has 0 aliphatic heterocycles. The first-order valence-electron chi connectivity index (χ1n) is 7.18. The van der Waals surface area contributed by atoms with Gasteiger partial charge in [0, 0.05) is 29.1 Å². The van der Waals surface area contributed by atoms with Crippen LogP contribution in [0, 0.1) is 17.0 Å². The number of amides is 2. The maximum absolute atomic E-state index is 12.1. The van der Waals surface area contributed by atoms with Crippen molar-refractivity contribution in [2.75, 3.05) is 13.6 Å². The van der Waals surface area contributed by atoms with Crippen LogP contribution in [0.5, 0.6) is 0 Å². The highest BCUT2D eigenvalue weighted by atomic mass is 32.1. The molecule has 1 N–H and O–H groups in total. The van der Waals surface area contributed by atoms with Crippen molar-refractivity contribution in [1.29, 1.82) is 0 Å². The first-order valence-corrected chi connectivity index (χ1v) is 8.06. The van der Waals surface area contributed by atoms with Crippen LogP contribution in [0.25, 0.3) is 0 Å². The van der Waals surface area contributed by atoms with Crippen molar-refractivity contribution in [3.8, 4) is 0 Å². The van der Waals surface area contributed by atoms with E-state index in [1.165, 1.54) is 23.1 Å². The first kappa shape index (κ1) is 17.6. The molecule has 0 saturated carbocycles. The number of nitro benzene ring substituents is 1. The first-order chi connectivity index (χ1) is 11.4. The molecule has 24 heavy (non-hydrogen) atoms. The molecule has 2 amide bonds. The van der Waals surface area contributed by atoms with Crippen molar-refractivity contribution in [3.63, 3.8) is 0 Å².